The summed E-state index contributed by atoms with van der Waals surface area (Å²) in [7, 11) is 0. The highest BCUT2D eigenvalue weighted by atomic mass is 35.5. The van der Waals surface area contributed by atoms with Crippen LogP contribution in [-0.4, -0.2) is 20.9 Å². The van der Waals surface area contributed by atoms with Gasteiger partial charge in [-0.3, -0.25) is 9.59 Å². The molecule has 0 radical (unpaired) electrons. The second kappa shape index (κ2) is 8.76. The number of carbonyl (C=O) groups is 1. The van der Waals surface area contributed by atoms with Crippen LogP contribution in [0.2, 0.25) is 5.15 Å². The van der Waals surface area contributed by atoms with E-state index >= 15 is 0 Å². The number of hydrogen-bond acceptors (Lipinski definition) is 8. The third-order valence-corrected chi connectivity index (χ3v) is 6.02. The Kier molecular flexibility index (Phi) is 5.72. The van der Waals surface area contributed by atoms with Gasteiger partial charge in [0.2, 0.25) is 0 Å². The van der Waals surface area contributed by atoms with Crippen LogP contribution in [0.25, 0.3) is 33.5 Å². The standard InChI is InChI=1S/C26H21ClN4O5/c1-11-7-16(13(3)34-18-5-6-20(27)31-21(18)25(28)33)24-17(8-11)22(32)12(2)23(36-24)15-9-19-26(29-10-15)30-14(4)35-19/h5-10,13H,1-4H3,(H2,28,33)/t13-/m1/s1. The molecule has 0 aliphatic carbocycles. The minimum Gasteiger partial charge on any atom is -0.483 e. The van der Waals surface area contributed by atoms with Crippen LogP contribution < -0.4 is 15.9 Å². The van der Waals surface area contributed by atoms with Gasteiger partial charge >= 0.3 is 0 Å². The van der Waals surface area contributed by atoms with Gasteiger partial charge < -0.3 is 19.3 Å². The number of primary amides is 1. The number of pyridine rings is 2. The number of nitrogens with two attached hydrogens (primary N) is 1. The number of rotatable bonds is 5. The smallest absolute Gasteiger partial charge is 0.271 e. The summed E-state index contributed by atoms with van der Waals surface area (Å²) in [6.45, 7) is 7.09. The number of fused-ring (bicyclic) bond motifs is 2. The second-order valence-electron chi connectivity index (χ2n) is 8.50. The number of benzene rings is 1. The molecule has 0 unspecified atom stereocenters. The highest BCUT2D eigenvalue weighted by Crippen LogP contribution is 2.34. The van der Waals surface area contributed by atoms with Gasteiger partial charge in [0.05, 0.1) is 5.39 Å². The van der Waals surface area contributed by atoms with Crippen molar-refractivity contribution in [2.24, 2.45) is 5.73 Å². The fourth-order valence-electron chi connectivity index (χ4n) is 4.14. The summed E-state index contributed by atoms with van der Waals surface area (Å²) in [5.41, 5.74) is 8.97. The number of nitrogens with zero attached hydrogens (tertiary/aromatic N) is 3. The van der Waals surface area contributed by atoms with Gasteiger partial charge in [0.25, 0.3) is 5.91 Å². The first-order chi connectivity index (χ1) is 17.1. The van der Waals surface area contributed by atoms with E-state index in [-0.39, 0.29) is 22.0 Å². The van der Waals surface area contributed by atoms with Gasteiger partial charge in [0.1, 0.15) is 22.6 Å². The van der Waals surface area contributed by atoms with Gasteiger partial charge in [-0.05, 0) is 56.7 Å². The number of aryl methyl sites for hydroxylation is 2. The van der Waals surface area contributed by atoms with Gasteiger partial charge in [-0.2, -0.15) is 4.98 Å². The van der Waals surface area contributed by atoms with Crippen LogP contribution in [-0.2, 0) is 0 Å². The lowest BCUT2D eigenvalue weighted by Crippen LogP contribution is -2.17. The number of halogens is 1. The van der Waals surface area contributed by atoms with Gasteiger partial charge in [-0.15, -0.1) is 0 Å². The van der Waals surface area contributed by atoms with E-state index in [1.807, 2.05) is 13.0 Å². The summed E-state index contributed by atoms with van der Waals surface area (Å²) in [5.74, 6) is 0.240. The molecule has 182 valence electrons. The number of oxazole rings is 1. The fraction of sp³-hybridized carbons (Fsp3) is 0.192. The average Bonchev–Trinajstić information content (AvgIpc) is 3.21. The number of hydrogen-bond donors (Lipinski definition) is 1. The van der Waals surface area contributed by atoms with Crippen LogP contribution in [0.5, 0.6) is 5.75 Å². The maximum atomic E-state index is 13.4. The topological polar surface area (TPSA) is 134 Å². The average molecular weight is 505 g/mol. The molecule has 4 aromatic heterocycles. The molecule has 0 fully saturated rings. The zero-order valence-corrected chi connectivity index (χ0v) is 20.6. The number of ether oxygens (including phenoxy) is 1. The first-order valence-corrected chi connectivity index (χ1v) is 11.4. The van der Waals surface area contributed by atoms with Gasteiger partial charge in [0, 0.05) is 29.8 Å². The van der Waals surface area contributed by atoms with Crippen molar-refractivity contribution in [3.8, 4) is 17.1 Å². The molecule has 0 saturated heterocycles. The van der Waals surface area contributed by atoms with Crippen molar-refractivity contribution < 1.29 is 18.4 Å². The highest BCUT2D eigenvalue weighted by Gasteiger charge is 2.22. The molecule has 0 spiro atoms. The van der Waals surface area contributed by atoms with E-state index in [4.69, 9.17) is 30.9 Å². The van der Waals surface area contributed by atoms with Crippen LogP contribution in [0.4, 0.5) is 0 Å². The Morgan fingerprint density at radius 3 is 2.64 bits per heavy atom. The normalized spacial score (nSPS) is 12.2. The molecular weight excluding hydrogens is 484 g/mol. The summed E-state index contributed by atoms with van der Waals surface area (Å²) in [6.07, 6.45) is 0.956. The molecule has 10 heteroatoms. The second-order valence-corrected chi connectivity index (χ2v) is 8.89. The van der Waals surface area contributed by atoms with Crippen molar-refractivity contribution in [1.82, 2.24) is 15.0 Å². The molecule has 1 atom stereocenters. The molecular formula is C26H21ClN4O5. The first kappa shape index (κ1) is 23.5. The Morgan fingerprint density at radius 1 is 1.11 bits per heavy atom. The van der Waals surface area contributed by atoms with Crippen molar-refractivity contribution in [2.75, 3.05) is 0 Å². The van der Waals surface area contributed by atoms with Crippen molar-refractivity contribution in [3.63, 3.8) is 0 Å². The number of amides is 1. The van der Waals surface area contributed by atoms with E-state index in [1.165, 1.54) is 12.1 Å². The quantitative estimate of drug-likeness (QED) is 0.322. The minimum atomic E-state index is -0.774. The minimum absolute atomic E-state index is 0.0916. The molecule has 5 rings (SSSR count). The molecule has 0 aliphatic rings. The molecule has 36 heavy (non-hydrogen) atoms. The Labute approximate surface area is 209 Å². The molecule has 0 aliphatic heterocycles. The van der Waals surface area contributed by atoms with Crippen molar-refractivity contribution >= 4 is 39.7 Å². The third-order valence-electron chi connectivity index (χ3n) is 5.81. The maximum Gasteiger partial charge on any atom is 0.271 e. The van der Waals surface area contributed by atoms with Gasteiger partial charge in [0.15, 0.2) is 34.0 Å². The van der Waals surface area contributed by atoms with Crippen molar-refractivity contribution in [3.05, 3.63) is 80.2 Å². The molecule has 5 aromatic rings. The predicted molar refractivity (Wildman–Crippen MR) is 134 cm³/mol. The molecule has 0 bridgehead atoms. The number of carbonyl (C=O) groups excluding carboxylic acids is 1. The number of aromatic nitrogens is 3. The zero-order chi connectivity index (χ0) is 25.7. The monoisotopic (exact) mass is 504 g/mol. The van der Waals surface area contributed by atoms with Gasteiger partial charge in [-0.25, -0.2) is 9.97 Å². The molecule has 9 nitrogen and oxygen atoms in total. The lowest BCUT2D eigenvalue weighted by molar-refractivity contribution is 0.0988. The summed E-state index contributed by atoms with van der Waals surface area (Å²) >= 11 is 5.92. The SMILES string of the molecule is Cc1cc([C@@H](C)Oc2ccc(Cl)nc2C(N)=O)c2oc(-c3cnc4nc(C)oc4c3)c(C)c(=O)c2c1. The summed E-state index contributed by atoms with van der Waals surface area (Å²) in [4.78, 5) is 37.8. The van der Waals surface area contributed by atoms with Crippen LogP contribution in [0, 0.1) is 20.8 Å². The molecule has 1 aromatic carbocycles. The summed E-state index contributed by atoms with van der Waals surface area (Å²) < 4.78 is 18.0. The Morgan fingerprint density at radius 2 is 1.89 bits per heavy atom. The third kappa shape index (κ3) is 4.07. The van der Waals surface area contributed by atoms with E-state index in [0.29, 0.717) is 50.5 Å². The van der Waals surface area contributed by atoms with E-state index < -0.39 is 12.0 Å². The molecule has 2 N–H and O–H groups in total. The van der Waals surface area contributed by atoms with E-state index in [9.17, 15) is 9.59 Å². The Hall–Kier alpha value is -4.24. The molecule has 4 heterocycles. The van der Waals surface area contributed by atoms with E-state index in [1.54, 1.807) is 39.1 Å². The molecule has 0 saturated carbocycles. The maximum absolute atomic E-state index is 13.4. The lowest BCUT2D eigenvalue weighted by Gasteiger charge is -2.19. The van der Waals surface area contributed by atoms with E-state index in [2.05, 4.69) is 15.0 Å². The predicted octanol–water partition coefficient (Wildman–Crippen LogP) is 5.21. The highest BCUT2D eigenvalue weighted by molar-refractivity contribution is 6.29. The van der Waals surface area contributed by atoms with Crippen molar-refractivity contribution in [2.45, 2.75) is 33.8 Å². The van der Waals surface area contributed by atoms with Crippen LogP contribution in [0.15, 0.2) is 50.2 Å². The lowest BCUT2D eigenvalue weighted by atomic mass is 10.00. The van der Waals surface area contributed by atoms with Crippen LogP contribution in [0.1, 0.15) is 46.1 Å². The summed E-state index contributed by atoms with van der Waals surface area (Å²) in [6, 6.07) is 8.40. The first-order valence-electron chi connectivity index (χ1n) is 11.1. The fourth-order valence-corrected chi connectivity index (χ4v) is 4.29. The van der Waals surface area contributed by atoms with E-state index in [0.717, 1.165) is 5.56 Å². The Bertz CT molecular complexity index is 1740. The van der Waals surface area contributed by atoms with Gasteiger partial charge in [-0.1, -0.05) is 11.6 Å². The summed E-state index contributed by atoms with van der Waals surface area (Å²) in [5, 5.41) is 0.527. The zero-order valence-electron chi connectivity index (χ0n) is 19.9. The molecule has 1 amide bonds. The van der Waals surface area contributed by atoms with Crippen molar-refractivity contribution in [1.29, 1.82) is 0 Å². The largest absolute Gasteiger partial charge is 0.483 e. The Balaban J connectivity index is 1.67. The van der Waals surface area contributed by atoms with Crippen LogP contribution >= 0.6 is 11.6 Å². The van der Waals surface area contributed by atoms with Crippen LogP contribution in [0.3, 0.4) is 0 Å².